The lowest BCUT2D eigenvalue weighted by atomic mass is 10.0. The summed E-state index contributed by atoms with van der Waals surface area (Å²) in [4.78, 5) is 11.6. The summed E-state index contributed by atoms with van der Waals surface area (Å²) in [7, 11) is -1.87. The molecule has 0 radical (unpaired) electrons. The molecule has 0 aromatic heterocycles. The molecule has 1 fully saturated rings. The zero-order valence-corrected chi connectivity index (χ0v) is 10.3. The van der Waals surface area contributed by atoms with Crippen molar-refractivity contribution >= 4 is 15.9 Å². The maximum absolute atomic E-state index is 11.9. The Labute approximate surface area is 96.2 Å². The van der Waals surface area contributed by atoms with E-state index in [4.69, 9.17) is 5.73 Å². The first kappa shape index (κ1) is 13.4. The van der Waals surface area contributed by atoms with Crippen LogP contribution in [0.3, 0.4) is 0 Å². The normalized spacial score (nSPS) is 23.0. The summed E-state index contributed by atoms with van der Waals surface area (Å²) in [6.07, 6.45) is 2.27. The predicted octanol–water partition coefficient (Wildman–Crippen LogP) is -1.12. The number of rotatable bonds is 4. The van der Waals surface area contributed by atoms with Crippen molar-refractivity contribution in [3.05, 3.63) is 0 Å². The summed E-state index contributed by atoms with van der Waals surface area (Å²) in [5.74, 6) is -0.333. The van der Waals surface area contributed by atoms with Crippen molar-refractivity contribution in [2.75, 3.05) is 25.9 Å². The molecule has 1 heterocycles. The summed E-state index contributed by atoms with van der Waals surface area (Å²) >= 11 is 0. The number of carbonyl (C=O) groups is 1. The topological polar surface area (TPSA) is 92.5 Å². The Morgan fingerprint density at radius 1 is 1.50 bits per heavy atom. The third-order valence-electron chi connectivity index (χ3n) is 2.74. The van der Waals surface area contributed by atoms with Crippen molar-refractivity contribution in [1.82, 2.24) is 9.62 Å². The van der Waals surface area contributed by atoms with Crippen LogP contribution in [0.15, 0.2) is 0 Å². The van der Waals surface area contributed by atoms with Gasteiger partial charge in [-0.25, -0.2) is 8.42 Å². The second-order valence-corrected chi connectivity index (χ2v) is 5.88. The molecule has 1 aliphatic rings. The van der Waals surface area contributed by atoms with Gasteiger partial charge in [0.1, 0.15) is 6.04 Å². The Kier molecular flexibility index (Phi) is 4.69. The fraction of sp³-hybridized carbons (Fsp3) is 0.889. The minimum absolute atomic E-state index is 0.0826. The molecular weight excluding hydrogens is 230 g/mol. The molecular formula is C9H19N3O3S. The summed E-state index contributed by atoms with van der Waals surface area (Å²) in [6.45, 7) is 0.500. The zero-order chi connectivity index (χ0) is 12.2. The number of piperidine rings is 1. The van der Waals surface area contributed by atoms with Crippen molar-refractivity contribution in [2.45, 2.75) is 25.3 Å². The summed E-state index contributed by atoms with van der Waals surface area (Å²) in [5, 5.41) is 2.50. The van der Waals surface area contributed by atoms with Gasteiger partial charge in [0.25, 0.3) is 0 Å². The molecule has 0 aliphatic carbocycles. The molecule has 16 heavy (non-hydrogen) atoms. The fourth-order valence-corrected chi connectivity index (χ4v) is 3.46. The van der Waals surface area contributed by atoms with Crippen molar-refractivity contribution in [2.24, 2.45) is 5.73 Å². The molecule has 0 spiro atoms. The van der Waals surface area contributed by atoms with E-state index >= 15 is 0 Å². The highest BCUT2D eigenvalue weighted by Gasteiger charge is 2.35. The minimum atomic E-state index is -3.39. The molecule has 1 amide bonds. The van der Waals surface area contributed by atoms with E-state index in [9.17, 15) is 13.2 Å². The number of amides is 1. The highest BCUT2D eigenvalue weighted by Crippen LogP contribution is 2.20. The lowest BCUT2D eigenvalue weighted by Crippen LogP contribution is -2.52. The van der Waals surface area contributed by atoms with Gasteiger partial charge in [-0.05, 0) is 12.8 Å². The van der Waals surface area contributed by atoms with Crippen LogP contribution in [-0.4, -0.2) is 50.6 Å². The van der Waals surface area contributed by atoms with Gasteiger partial charge in [-0.2, -0.15) is 4.31 Å². The fourth-order valence-electron chi connectivity index (χ4n) is 1.93. The number of hydrogen-bond donors (Lipinski definition) is 2. The van der Waals surface area contributed by atoms with Crippen molar-refractivity contribution in [3.8, 4) is 0 Å². The largest absolute Gasteiger partial charge is 0.358 e. The van der Waals surface area contributed by atoms with E-state index in [1.54, 1.807) is 0 Å². The van der Waals surface area contributed by atoms with Gasteiger partial charge in [0.05, 0.1) is 5.75 Å². The smallest absolute Gasteiger partial charge is 0.238 e. The Morgan fingerprint density at radius 2 is 2.19 bits per heavy atom. The molecule has 0 aromatic carbocycles. The number of carbonyl (C=O) groups excluding carboxylic acids is 1. The van der Waals surface area contributed by atoms with Gasteiger partial charge < -0.3 is 11.1 Å². The Morgan fingerprint density at radius 3 is 2.75 bits per heavy atom. The molecule has 1 rings (SSSR count). The summed E-state index contributed by atoms with van der Waals surface area (Å²) in [5.41, 5.74) is 5.27. The standard InChI is InChI=1S/C9H19N3O3S/c1-11-9(13)8-4-2-3-6-12(8)16(14,15)7-5-10/h8H,2-7,10H2,1H3,(H,11,13). The Hall–Kier alpha value is -0.660. The number of nitrogens with two attached hydrogens (primary N) is 1. The highest BCUT2D eigenvalue weighted by atomic mass is 32.2. The molecule has 1 atom stereocenters. The van der Waals surface area contributed by atoms with Crippen LogP contribution in [0.5, 0.6) is 0 Å². The molecule has 1 aliphatic heterocycles. The minimum Gasteiger partial charge on any atom is -0.358 e. The van der Waals surface area contributed by atoms with E-state index in [1.807, 2.05) is 0 Å². The van der Waals surface area contributed by atoms with E-state index < -0.39 is 16.1 Å². The molecule has 7 heteroatoms. The first-order valence-electron chi connectivity index (χ1n) is 5.44. The van der Waals surface area contributed by atoms with Gasteiger partial charge in [-0.3, -0.25) is 4.79 Å². The first-order valence-corrected chi connectivity index (χ1v) is 7.05. The number of likely N-dealkylation sites (N-methyl/N-ethyl adjacent to an activating group) is 1. The molecule has 3 N–H and O–H groups in total. The van der Waals surface area contributed by atoms with Crippen LogP contribution in [0.4, 0.5) is 0 Å². The molecule has 94 valence electrons. The van der Waals surface area contributed by atoms with Crippen molar-refractivity contribution in [1.29, 1.82) is 0 Å². The third kappa shape index (κ3) is 2.93. The Balaban J connectivity index is 2.86. The van der Waals surface area contributed by atoms with E-state index in [0.717, 1.165) is 12.8 Å². The van der Waals surface area contributed by atoms with Crippen LogP contribution in [0.1, 0.15) is 19.3 Å². The number of sulfonamides is 1. The summed E-state index contributed by atoms with van der Waals surface area (Å²) in [6, 6.07) is -0.560. The number of hydrogen-bond acceptors (Lipinski definition) is 4. The van der Waals surface area contributed by atoms with E-state index in [-0.39, 0.29) is 18.2 Å². The van der Waals surface area contributed by atoms with Crippen LogP contribution in [0.2, 0.25) is 0 Å². The van der Waals surface area contributed by atoms with Gasteiger partial charge in [0.2, 0.25) is 15.9 Å². The molecule has 1 unspecified atom stereocenters. The van der Waals surface area contributed by atoms with Crippen molar-refractivity contribution in [3.63, 3.8) is 0 Å². The SMILES string of the molecule is CNC(=O)C1CCCCN1S(=O)(=O)CCN. The van der Waals surface area contributed by atoms with Crippen LogP contribution < -0.4 is 11.1 Å². The number of nitrogens with zero attached hydrogens (tertiary/aromatic N) is 1. The lowest BCUT2D eigenvalue weighted by Gasteiger charge is -2.33. The van der Waals surface area contributed by atoms with Crippen molar-refractivity contribution < 1.29 is 13.2 Å². The molecule has 1 saturated heterocycles. The maximum atomic E-state index is 11.9. The average Bonchev–Trinajstić information content (AvgIpc) is 2.28. The highest BCUT2D eigenvalue weighted by molar-refractivity contribution is 7.89. The third-order valence-corrected chi connectivity index (χ3v) is 4.64. The lowest BCUT2D eigenvalue weighted by molar-refractivity contribution is -0.125. The van der Waals surface area contributed by atoms with Gasteiger partial charge in [0, 0.05) is 20.1 Å². The first-order chi connectivity index (χ1) is 7.53. The second kappa shape index (κ2) is 5.60. The van der Waals surface area contributed by atoms with Crippen LogP contribution in [-0.2, 0) is 14.8 Å². The molecule has 0 bridgehead atoms. The van der Waals surface area contributed by atoms with Crippen LogP contribution in [0.25, 0.3) is 0 Å². The van der Waals surface area contributed by atoms with E-state index in [2.05, 4.69) is 5.32 Å². The molecule has 6 nitrogen and oxygen atoms in total. The Bertz CT molecular complexity index is 342. The van der Waals surface area contributed by atoms with Gasteiger partial charge >= 0.3 is 0 Å². The van der Waals surface area contributed by atoms with E-state index in [0.29, 0.717) is 13.0 Å². The predicted molar refractivity (Wildman–Crippen MR) is 61.3 cm³/mol. The molecule has 0 saturated carbocycles. The van der Waals surface area contributed by atoms with Gasteiger partial charge in [-0.1, -0.05) is 6.42 Å². The van der Waals surface area contributed by atoms with Gasteiger partial charge in [0.15, 0.2) is 0 Å². The molecule has 0 aromatic rings. The zero-order valence-electron chi connectivity index (χ0n) is 9.48. The van der Waals surface area contributed by atoms with E-state index in [1.165, 1.54) is 11.4 Å². The van der Waals surface area contributed by atoms with Crippen LogP contribution in [0, 0.1) is 0 Å². The summed E-state index contributed by atoms with van der Waals surface area (Å²) < 4.78 is 25.1. The van der Waals surface area contributed by atoms with Gasteiger partial charge in [-0.15, -0.1) is 0 Å². The quantitative estimate of drug-likeness (QED) is 0.660. The monoisotopic (exact) mass is 249 g/mol. The second-order valence-electron chi connectivity index (χ2n) is 3.84. The van der Waals surface area contributed by atoms with Crippen LogP contribution >= 0.6 is 0 Å². The maximum Gasteiger partial charge on any atom is 0.238 e. The average molecular weight is 249 g/mol. The number of nitrogens with one attached hydrogen (secondary N) is 1.